The van der Waals surface area contributed by atoms with Crippen molar-refractivity contribution in [3.8, 4) is 5.75 Å². The zero-order valence-electron chi connectivity index (χ0n) is 21.8. The number of benzene rings is 2. The molecule has 0 aliphatic carbocycles. The molecule has 5 rings (SSSR count). The van der Waals surface area contributed by atoms with Crippen molar-refractivity contribution in [2.45, 2.75) is 57.3 Å². The van der Waals surface area contributed by atoms with Gasteiger partial charge in [-0.2, -0.15) is 0 Å². The molecular weight excluding hydrogens is 484 g/mol. The molecule has 1 fully saturated rings. The maximum absolute atomic E-state index is 12.3. The van der Waals surface area contributed by atoms with E-state index in [2.05, 4.69) is 35.0 Å². The number of nitrogens with one attached hydrogen (secondary N) is 1. The van der Waals surface area contributed by atoms with E-state index in [0.29, 0.717) is 31.7 Å². The summed E-state index contributed by atoms with van der Waals surface area (Å²) in [5.74, 6) is -2.14. The fourth-order valence-corrected chi connectivity index (χ4v) is 6.11. The summed E-state index contributed by atoms with van der Waals surface area (Å²) in [5.41, 5.74) is 1.73. The van der Waals surface area contributed by atoms with Crippen LogP contribution in [0.4, 0.5) is 0 Å². The van der Waals surface area contributed by atoms with Crippen LogP contribution in [0.15, 0.2) is 60.2 Å². The summed E-state index contributed by atoms with van der Waals surface area (Å²) in [6, 6.07) is 15.7. The maximum atomic E-state index is 12.3. The minimum Gasteiger partial charge on any atom is -0.479 e. The van der Waals surface area contributed by atoms with Crippen LogP contribution in [0.3, 0.4) is 0 Å². The first-order chi connectivity index (χ1) is 18.2. The number of aromatic amines is 1. The highest BCUT2D eigenvalue weighted by Gasteiger charge is 2.58. The van der Waals surface area contributed by atoms with Crippen molar-refractivity contribution in [1.82, 2.24) is 9.88 Å². The van der Waals surface area contributed by atoms with E-state index < -0.39 is 23.1 Å². The molecule has 2 aliphatic rings. The fourth-order valence-electron chi connectivity index (χ4n) is 6.11. The second-order valence-corrected chi connectivity index (χ2v) is 10.4. The van der Waals surface area contributed by atoms with Gasteiger partial charge >= 0.3 is 11.9 Å². The molecule has 0 bridgehead atoms. The summed E-state index contributed by atoms with van der Waals surface area (Å²) in [4.78, 5) is 29.8. The number of para-hydroxylation sites is 2. The van der Waals surface area contributed by atoms with E-state index in [0.717, 1.165) is 36.5 Å². The first-order valence-electron chi connectivity index (χ1n) is 13.1. The highest BCUT2D eigenvalue weighted by Crippen LogP contribution is 2.47. The third-order valence-corrected chi connectivity index (χ3v) is 8.26. The van der Waals surface area contributed by atoms with Gasteiger partial charge in [-0.05, 0) is 63.8 Å². The fraction of sp³-hybridized carbons (Fsp3) is 0.400. The van der Waals surface area contributed by atoms with Crippen LogP contribution in [0.2, 0.25) is 0 Å². The molecule has 3 heterocycles. The lowest BCUT2D eigenvalue weighted by atomic mass is 9.72. The van der Waals surface area contributed by atoms with Crippen molar-refractivity contribution < 1.29 is 29.3 Å². The predicted octanol–water partition coefficient (Wildman–Crippen LogP) is 4.71. The van der Waals surface area contributed by atoms with Crippen molar-refractivity contribution in [2.24, 2.45) is 0 Å². The average molecular weight is 519 g/mol. The Labute approximate surface area is 221 Å². The Hall–Kier alpha value is -3.62. The maximum Gasteiger partial charge on any atom is 0.336 e. The number of ether oxygens (including phenoxy) is 2. The van der Waals surface area contributed by atoms with Gasteiger partial charge in [0, 0.05) is 41.3 Å². The van der Waals surface area contributed by atoms with Crippen LogP contribution in [0.25, 0.3) is 10.9 Å². The molecule has 8 heteroatoms. The van der Waals surface area contributed by atoms with Gasteiger partial charge in [-0.1, -0.05) is 36.4 Å². The van der Waals surface area contributed by atoms with Gasteiger partial charge in [0.05, 0.1) is 12.2 Å². The number of carboxylic acid groups (broad SMARTS) is 2. The van der Waals surface area contributed by atoms with Gasteiger partial charge in [0.15, 0.2) is 5.60 Å². The second-order valence-electron chi connectivity index (χ2n) is 10.4. The Bertz CT molecular complexity index is 1380. The number of aromatic nitrogens is 1. The van der Waals surface area contributed by atoms with Crippen LogP contribution in [0.1, 0.15) is 43.0 Å². The molecule has 3 N–H and O–H groups in total. The Morgan fingerprint density at radius 2 is 1.79 bits per heavy atom. The van der Waals surface area contributed by atoms with E-state index in [1.165, 1.54) is 16.6 Å². The van der Waals surface area contributed by atoms with E-state index in [-0.39, 0.29) is 12.2 Å². The summed E-state index contributed by atoms with van der Waals surface area (Å²) >= 11 is 0. The SMILES string of the molecule is Cc1[nH]c2ccccc2c1CCCN1CCC2(CC1)OCc1ccccc1OC2(C)/C(=C\C(=O)O)C(=O)O. The zero-order chi connectivity index (χ0) is 26.9. The average Bonchev–Trinajstić information content (AvgIpc) is 3.15. The summed E-state index contributed by atoms with van der Waals surface area (Å²) in [6.07, 6.45) is 3.75. The number of hydrogen-bond acceptors (Lipinski definition) is 5. The second kappa shape index (κ2) is 10.3. The molecule has 1 aromatic heterocycles. The molecule has 0 amide bonds. The molecule has 1 atom stereocenters. The lowest BCUT2D eigenvalue weighted by molar-refractivity contribution is -0.175. The van der Waals surface area contributed by atoms with Gasteiger partial charge in [0.2, 0.25) is 0 Å². The molecule has 0 radical (unpaired) electrons. The van der Waals surface area contributed by atoms with Gasteiger partial charge < -0.3 is 29.6 Å². The summed E-state index contributed by atoms with van der Waals surface area (Å²) in [6.45, 7) is 6.35. The van der Waals surface area contributed by atoms with Crippen LogP contribution >= 0.6 is 0 Å². The lowest BCUT2D eigenvalue weighted by Crippen LogP contribution is -2.63. The molecule has 2 aromatic carbocycles. The number of rotatable bonds is 7. The first kappa shape index (κ1) is 26.0. The lowest BCUT2D eigenvalue weighted by Gasteiger charge is -2.50. The van der Waals surface area contributed by atoms with Crippen molar-refractivity contribution in [1.29, 1.82) is 0 Å². The van der Waals surface area contributed by atoms with E-state index >= 15 is 0 Å². The number of fused-ring (bicyclic) bond motifs is 2. The number of hydrogen-bond donors (Lipinski definition) is 3. The number of aryl methyl sites for hydroxylation is 2. The van der Waals surface area contributed by atoms with Crippen molar-refractivity contribution in [2.75, 3.05) is 19.6 Å². The number of carbonyl (C=O) groups is 2. The Morgan fingerprint density at radius 3 is 2.53 bits per heavy atom. The molecule has 0 saturated carbocycles. The number of carboxylic acids is 2. The van der Waals surface area contributed by atoms with Gasteiger partial charge in [-0.25, -0.2) is 9.59 Å². The molecule has 38 heavy (non-hydrogen) atoms. The summed E-state index contributed by atoms with van der Waals surface area (Å²) in [7, 11) is 0. The topological polar surface area (TPSA) is 112 Å². The standard InChI is InChI=1S/C30H34N2O6/c1-20-22(23-9-4-5-11-25(23)31-20)10-7-15-32-16-13-30(14-17-32)29(2,24(28(35)36)18-27(33)34)38-26-12-6-3-8-21(26)19-37-30/h3-6,8-9,11-12,18,31H,7,10,13-17,19H2,1-2H3,(H,33,34)(H,35,36)/b24-18-. The molecule has 1 saturated heterocycles. The largest absolute Gasteiger partial charge is 0.479 e. The Balaban J connectivity index is 1.34. The highest BCUT2D eigenvalue weighted by atomic mass is 16.6. The van der Waals surface area contributed by atoms with Crippen molar-refractivity contribution in [3.05, 3.63) is 77.0 Å². The number of H-pyrrole nitrogens is 1. The summed E-state index contributed by atoms with van der Waals surface area (Å²) in [5, 5.41) is 20.8. The Kier molecular flexibility index (Phi) is 7.03. The van der Waals surface area contributed by atoms with Gasteiger partial charge in [0.25, 0.3) is 0 Å². The van der Waals surface area contributed by atoms with Crippen LogP contribution < -0.4 is 4.74 Å². The van der Waals surface area contributed by atoms with Crippen LogP contribution in [-0.2, 0) is 27.4 Å². The molecule has 200 valence electrons. The third kappa shape index (κ3) is 4.70. The molecule has 1 spiro atoms. The number of likely N-dealkylation sites (tertiary alicyclic amines) is 1. The quantitative estimate of drug-likeness (QED) is 0.389. The third-order valence-electron chi connectivity index (χ3n) is 8.26. The van der Waals surface area contributed by atoms with Gasteiger partial charge in [-0.3, -0.25) is 0 Å². The number of piperidine rings is 1. The van der Waals surface area contributed by atoms with Crippen LogP contribution in [-0.4, -0.2) is 62.9 Å². The highest BCUT2D eigenvalue weighted by molar-refractivity contribution is 5.96. The van der Waals surface area contributed by atoms with Crippen LogP contribution in [0, 0.1) is 6.92 Å². The van der Waals surface area contributed by atoms with E-state index in [4.69, 9.17) is 9.47 Å². The molecule has 3 aromatic rings. The van der Waals surface area contributed by atoms with E-state index in [1.807, 2.05) is 24.3 Å². The van der Waals surface area contributed by atoms with E-state index in [9.17, 15) is 19.8 Å². The minimum atomic E-state index is -1.49. The predicted molar refractivity (Wildman–Crippen MR) is 143 cm³/mol. The van der Waals surface area contributed by atoms with Gasteiger partial charge in [-0.15, -0.1) is 0 Å². The first-order valence-corrected chi connectivity index (χ1v) is 13.1. The zero-order valence-corrected chi connectivity index (χ0v) is 21.8. The Morgan fingerprint density at radius 1 is 1.08 bits per heavy atom. The summed E-state index contributed by atoms with van der Waals surface area (Å²) < 4.78 is 12.9. The number of aliphatic carboxylic acids is 2. The van der Waals surface area contributed by atoms with Crippen molar-refractivity contribution in [3.63, 3.8) is 0 Å². The monoisotopic (exact) mass is 518 g/mol. The molecule has 1 unspecified atom stereocenters. The van der Waals surface area contributed by atoms with E-state index in [1.54, 1.807) is 13.0 Å². The smallest absolute Gasteiger partial charge is 0.336 e. The van der Waals surface area contributed by atoms with Crippen molar-refractivity contribution >= 4 is 22.8 Å². The molecular formula is C30H34N2O6. The minimum absolute atomic E-state index is 0.269. The van der Waals surface area contributed by atoms with Gasteiger partial charge in [0.1, 0.15) is 11.4 Å². The normalized spacial score (nSPS) is 21.6. The number of nitrogens with zero attached hydrogens (tertiary/aromatic N) is 1. The molecule has 2 aliphatic heterocycles. The van der Waals surface area contributed by atoms with Crippen LogP contribution in [0.5, 0.6) is 5.75 Å². The molecule has 8 nitrogen and oxygen atoms in total.